The predicted octanol–water partition coefficient (Wildman–Crippen LogP) is 4.23. The quantitative estimate of drug-likeness (QED) is 0.696. The molecule has 0 heterocycles. The van der Waals surface area contributed by atoms with Crippen LogP contribution in [-0.2, 0) is 9.05 Å². The van der Waals surface area contributed by atoms with Crippen molar-refractivity contribution in [1.82, 2.24) is 0 Å². The van der Waals surface area contributed by atoms with E-state index in [1.54, 1.807) is 0 Å². The molecule has 0 amide bonds. The second-order valence-corrected chi connectivity index (χ2v) is 7.94. The number of halogens is 3. The summed E-state index contributed by atoms with van der Waals surface area (Å²) < 4.78 is 41.1. The van der Waals surface area contributed by atoms with E-state index in [1.165, 1.54) is 12.1 Å². The Hall–Kier alpha value is -0.520. The molecule has 0 aliphatic carbocycles. The first-order valence-corrected chi connectivity index (χ1v) is 9.07. The molecular weight excluding hydrogens is 326 g/mol. The second-order valence-electron chi connectivity index (χ2n) is 4.75. The summed E-state index contributed by atoms with van der Waals surface area (Å²) in [4.78, 5) is 0. The zero-order valence-electron chi connectivity index (χ0n) is 11.3. The minimum absolute atomic E-state index is 0.150. The minimum Gasteiger partial charge on any atom is -0.491 e. The summed E-state index contributed by atoms with van der Waals surface area (Å²) in [6.07, 6.45) is 1.18. The Morgan fingerprint density at radius 1 is 1.30 bits per heavy atom. The Bertz CT molecular complexity index is 557. The molecule has 1 aromatic rings. The van der Waals surface area contributed by atoms with E-state index in [2.05, 4.69) is 0 Å². The van der Waals surface area contributed by atoms with Gasteiger partial charge < -0.3 is 4.74 Å². The van der Waals surface area contributed by atoms with Crippen molar-refractivity contribution in [1.29, 1.82) is 0 Å². The smallest absolute Gasteiger partial charge is 0.233 e. The van der Waals surface area contributed by atoms with Gasteiger partial charge in [-0.2, -0.15) is 0 Å². The van der Waals surface area contributed by atoms with Gasteiger partial charge in [0.05, 0.1) is 17.4 Å². The lowest BCUT2D eigenvalue weighted by Gasteiger charge is -2.30. The number of hydrogen-bond donors (Lipinski definition) is 0. The number of hydrogen-bond acceptors (Lipinski definition) is 3. The zero-order chi connectivity index (χ0) is 15.4. The summed E-state index contributed by atoms with van der Waals surface area (Å²) in [6.45, 7) is 3.90. The standard InChI is InChI=1S/C13H17Cl2FO3S/c1-3-13(4-2,9-20(15,17)18)8-19-12-6-5-10(16)7-11(12)14/h5-7H,3-4,8-9H2,1-2H3. The largest absolute Gasteiger partial charge is 0.491 e. The molecule has 0 aromatic heterocycles. The van der Waals surface area contributed by atoms with Crippen molar-refractivity contribution in [2.45, 2.75) is 26.7 Å². The lowest BCUT2D eigenvalue weighted by molar-refractivity contribution is 0.155. The molecule has 0 atom stereocenters. The molecule has 0 fully saturated rings. The van der Waals surface area contributed by atoms with Gasteiger partial charge in [0.15, 0.2) is 0 Å². The highest BCUT2D eigenvalue weighted by Gasteiger charge is 2.32. The van der Waals surface area contributed by atoms with Crippen LogP contribution in [0, 0.1) is 11.2 Å². The van der Waals surface area contributed by atoms with Crippen LogP contribution in [0.1, 0.15) is 26.7 Å². The van der Waals surface area contributed by atoms with Crippen LogP contribution >= 0.6 is 22.3 Å². The predicted molar refractivity (Wildman–Crippen MR) is 79.6 cm³/mol. The maximum Gasteiger partial charge on any atom is 0.233 e. The fraction of sp³-hybridized carbons (Fsp3) is 0.538. The molecule has 0 saturated heterocycles. The Morgan fingerprint density at radius 3 is 2.35 bits per heavy atom. The molecule has 114 valence electrons. The highest BCUT2D eigenvalue weighted by Crippen LogP contribution is 2.32. The average Bonchev–Trinajstić information content (AvgIpc) is 2.35. The highest BCUT2D eigenvalue weighted by molar-refractivity contribution is 8.13. The molecule has 0 aliphatic rings. The van der Waals surface area contributed by atoms with E-state index in [1.807, 2.05) is 13.8 Å². The summed E-state index contributed by atoms with van der Waals surface area (Å²) >= 11 is 5.87. The second kappa shape index (κ2) is 6.96. The van der Waals surface area contributed by atoms with Crippen molar-refractivity contribution in [2.75, 3.05) is 12.4 Å². The molecule has 1 aromatic carbocycles. The summed E-state index contributed by atoms with van der Waals surface area (Å²) in [7, 11) is 1.72. The van der Waals surface area contributed by atoms with Crippen LogP contribution in [-0.4, -0.2) is 20.8 Å². The minimum atomic E-state index is -3.63. The monoisotopic (exact) mass is 342 g/mol. The van der Waals surface area contributed by atoms with Gasteiger partial charge in [-0.1, -0.05) is 25.4 Å². The van der Waals surface area contributed by atoms with Gasteiger partial charge in [0.25, 0.3) is 0 Å². The molecule has 0 saturated carbocycles. The summed E-state index contributed by atoms with van der Waals surface area (Å²) in [6, 6.07) is 3.80. The SMILES string of the molecule is CCC(CC)(COc1ccc(F)cc1Cl)CS(=O)(=O)Cl. The van der Waals surface area contributed by atoms with Gasteiger partial charge in [-0.25, -0.2) is 12.8 Å². The van der Waals surface area contributed by atoms with Crippen molar-refractivity contribution in [2.24, 2.45) is 5.41 Å². The van der Waals surface area contributed by atoms with Gasteiger partial charge in [0.2, 0.25) is 9.05 Å². The van der Waals surface area contributed by atoms with E-state index in [9.17, 15) is 12.8 Å². The summed E-state index contributed by atoms with van der Waals surface area (Å²) in [5.41, 5.74) is -0.585. The van der Waals surface area contributed by atoms with Crippen molar-refractivity contribution < 1.29 is 17.5 Å². The lowest BCUT2D eigenvalue weighted by atomic mass is 9.85. The fourth-order valence-corrected chi connectivity index (χ4v) is 4.03. The molecule has 0 spiro atoms. The van der Waals surface area contributed by atoms with Gasteiger partial charge >= 0.3 is 0 Å². The van der Waals surface area contributed by atoms with E-state index in [-0.39, 0.29) is 17.4 Å². The van der Waals surface area contributed by atoms with E-state index in [4.69, 9.17) is 27.0 Å². The normalized spacial score (nSPS) is 12.4. The molecule has 0 N–H and O–H groups in total. The van der Waals surface area contributed by atoms with Crippen LogP contribution in [0.2, 0.25) is 5.02 Å². The number of benzene rings is 1. The Balaban J connectivity index is 2.86. The topological polar surface area (TPSA) is 43.4 Å². The molecule has 20 heavy (non-hydrogen) atoms. The van der Waals surface area contributed by atoms with Crippen LogP contribution in [0.4, 0.5) is 4.39 Å². The third-order valence-corrected chi connectivity index (χ3v) is 4.99. The van der Waals surface area contributed by atoms with Crippen molar-refractivity contribution in [3.8, 4) is 5.75 Å². The van der Waals surface area contributed by atoms with Gasteiger partial charge in [-0.15, -0.1) is 0 Å². The first-order chi connectivity index (χ1) is 9.21. The highest BCUT2D eigenvalue weighted by atomic mass is 35.7. The first kappa shape index (κ1) is 17.5. The molecular formula is C13H17Cl2FO3S. The average molecular weight is 343 g/mol. The summed E-state index contributed by atoms with van der Waals surface area (Å²) in [5, 5.41) is 0.153. The van der Waals surface area contributed by atoms with Gasteiger partial charge in [-0.05, 0) is 31.0 Å². The third-order valence-electron chi connectivity index (χ3n) is 3.41. The first-order valence-electron chi connectivity index (χ1n) is 6.21. The molecule has 0 radical (unpaired) electrons. The molecule has 3 nitrogen and oxygen atoms in total. The van der Waals surface area contributed by atoms with Crippen LogP contribution in [0.15, 0.2) is 18.2 Å². The van der Waals surface area contributed by atoms with E-state index < -0.39 is 20.3 Å². The molecule has 1 rings (SSSR count). The third kappa shape index (κ3) is 5.11. The molecule has 0 aliphatic heterocycles. The molecule has 7 heteroatoms. The Kier molecular flexibility index (Phi) is 6.10. The van der Waals surface area contributed by atoms with Crippen LogP contribution in [0.25, 0.3) is 0 Å². The van der Waals surface area contributed by atoms with Crippen molar-refractivity contribution in [3.05, 3.63) is 29.0 Å². The van der Waals surface area contributed by atoms with E-state index in [0.29, 0.717) is 18.6 Å². The van der Waals surface area contributed by atoms with Crippen LogP contribution in [0.3, 0.4) is 0 Å². The Labute approximate surface area is 128 Å². The van der Waals surface area contributed by atoms with Gasteiger partial charge in [0.1, 0.15) is 11.6 Å². The van der Waals surface area contributed by atoms with Crippen LogP contribution < -0.4 is 4.74 Å². The fourth-order valence-electron chi connectivity index (χ4n) is 1.89. The number of ether oxygens (including phenoxy) is 1. The zero-order valence-corrected chi connectivity index (χ0v) is 13.7. The van der Waals surface area contributed by atoms with E-state index >= 15 is 0 Å². The van der Waals surface area contributed by atoms with Crippen molar-refractivity contribution >= 4 is 31.3 Å². The maximum atomic E-state index is 12.9. The molecule has 0 bridgehead atoms. The van der Waals surface area contributed by atoms with Gasteiger partial charge in [0, 0.05) is 16.1 Å². The maximum absolute atomic E-state index is 12.9. The lowest BCUT2D eigenvalue weighted by Crippen LogP contribution is -2.33. The number of rotatable bonds is 7. The van der Waals surface area contributed by atoms with E-state index in [0.717, 1.165) is 6.07 Å². The molecule has 0 unspecified atom stereocenters. The van der Waals surface area contributed by atoms with Gasteiger partial charge in [-0.3, -0.25) is 0 Å². The van der Waals surface area contributed by atoms with Crippen LogP contribution in [0.5, 0.6) is 5.75 Å². The summed E-state index contributed by atoms with van der Waals surface area (Å²) in [5.74, 6) is -0.304. The van der Waals surface area contributed by atoms with Crippen molar-refractivity contribution in [3.63, 3.8) is 0 Å². The Morgan fingerprint density at radius 2 is 1.90 bits per heavy atom.